The summed E-state index contributed by atoms with van der Waals surface area (Å²) < 4.78 is 0. The predicted octanol–water partition coefficient (Wildman–Crippen LogP) is 6.51. The molecule has 0 heteroatoms. The zero-order chi connectivity index (χ0) is 14.8. The van der Waals surface area contributed by atoms with E-state index in [1.807, 2.05) is 0 Å². The molecule has 0 bridgehead atoms. The van der Waals surface area contributed by atoms with Crippen molar-refractivity contribution in [3.8, 4) is 0 Å². The smallest absolute Gasteiger partial charge is 0.0145 e. The van der Waals surface area contributed by atoms with Crippen LogP contribution in [0.1, 0.15) is 44.1 Å². The molecular weight excluding hydrogens is 264 g/mol. The Kier molecular flexibility index (Phi) is 3.84. The second-order valence-corrected chi connectivity index (χ2v) is 6.86. The van der Waals surface area contributed by atoms with Crippen molar-refractivity contribution >= 4 is 21.5 Å². The molecule has 3 aromatic carbocycles. The number of hydrogen-bond donors (Lipinski definition) is 0. The molecule has 1 aliphatic carbocycles. The molecule has 112 valence electrons. The molecular formula is C22H24. The molecule has 0 radical (unpaired) electrons. The molecule has 0 spiro atoms. The Morgan fingerprint density at radius 2 is 1.23 bits per heavy atom. The molecule has 3 aromatic rings. The number of hydrogen-bond acceptors (Lipinski definition) is 0. The fourth-order valence-electron chi connectivity index (χ4n) is 4.18. The van der Waals surface area contributed by atoms with E-state index < -0.39 is 0 Å². The van der Waals surface area contributed by atoms with Crippen molar-refractivity contribution in [1.29, 1.82) is 0 Å². The van der Waals surface area contributed by atoms with E-state index in [-0.39, 0.29) is 0 Å². The van der Waals surface area contributed by atoms with E-state index in [0.29, 0.717) is 0 Å². The van der Waals surface area contributed by atoms with Crippen molar-refractivity contribution in [2.24, 2.45) is 5.92 Å². The number of fused-ring (bicyclic) bond motifs is 2. The number of benzene rings is 3. The van der Waals surface area contributed by atoms with Crippen molar-refractivity contribution in [3.05, 3.63) is 60.2 Å². The fraction of sp³-hybridized carbons (Fsp3) is 0.364. The third-order valence-corrected chi connectivity index (χ3v) is 5.35. The van der Waals surface area contributed by atoms with Crippen LogP contribution in [-0.4, -0.2) is 0 Å². The molecule has 0 amide bonds. The minimum absolute atomic E-state index is 0.872. The second kappa shape index (κ2) is 6.12. The van der Waals surface area contributed by atoms with Crippen LogP contribution in [0.2, 0.25) is 0 Å². The molecule has 0 aromatic heterocycles. The lowest BCUT2D eigenvalue weighted by molar-refractivity contribution is 0.460. The summed E-state index contributed by atoms with van der Waals surface area (Å²) in [5, 5.41) is 5.71. The Hall–Kier alpha value is -1.82. The molecule has 0 saturated heterocycles. The maximum Gasteiger partial charge on any atom is -0.0145 e. The molecule has 1 fully saturated rings. The summed E-state index contributed by atoms with van der Waals surface area (Å²) in [5.41, 5.74) is 1.58. The molecule has 0 nitrogen and oxygen atoms in total. The van der Waals surface area contributed by atoms with Crippen molar-refractivity contribution in [2.75, 3.05) is 0 Å². The van der Waals surface area contributed by atoms with Gasteiger partial charge in [-0.1, -0.05) is 87.1 Å². The maximum absolute atomic E-state index is 2.35. The monoisotopic (exact) mass is 288 g/mol. The van der Waals surface area contributed by atoms with Gasteiger partial charge in [0.25, 0.3) is 0 Å². The van der Waals surface area contributed by atoms with E-state index >= 15 is 0 Å². The van der Waals surface area contributed by atoms with Crippen LogP contribution < -0.4 is 0 Å². The lowest BCUT2D eigenvalue weighted by Gasteiger charge is -2.18. The Morgan fingerprint density at radius 1 is 0.682 bits per heavy atom. The van der Waals surface area contributed by atoms with E-state index in [1.54, 1.807) is 5.56 Å². The molecule has 1 aliphatic rings. The first-order valence-electron chi connectivity index (χ1n) is 8.81. The molecule has 0 N–H and O–H groups in total. The molecule has 0 heterocycles. The summed E-state index contributed by atoms with van der Waals surface area (Å²) in [6, 6.07) is 20.2. The van der Waals surface area contributed by atoms with Gasteiger partial charge >= 0.3 is 0 Å². The highest BCUT2D eigenvalue weighted by Crippen LogP contribution is 2.33. The van der Waals surface area contributed by atoms with Crippen LogP contribution >= 0.6 is 0 Å². The first kappa shape index (κ1) is 13.8. The van der Waals surface area contributed by atoms with Gasteiger partial charge in [0.15, 0.2) is 0 Å². The van der Waals surface area contributed by atoms with Gasteiger partial charge in [-0.3, -0.25) is 0 Å². The highest BCUT2D eigenvalue weighted by molar-refractivity contribution is 6.02. The van der Waals surface area contributed by atoms with Gasteiger partial charge in [0, 0.05) is 0 Å². The Balaban J connectivity index is 1.84. The SMILES string of the molecule is c1ccc2c(CC3CCCCCC3)c3ccccc3cc2c1. The molecule has 0 unspecified atom stereocenters. The quantitative estimate of drug-likeness (QED) is 0.372. The van der Waals surface area contributed by atoms with Gasteiger partial charge < -0.3 is 0 Å². The maximum atomic E-state index is 2.35. The molecule has 22 heavy (non-hydrogen) atoms. The second-order valence-electron chi connectivity index (χ2n) is 6.86. The van der Waals surface area contributed by atoms with E-state index in [2.05, 4.69) is 54.6 Å². The van der Waals surface area contributed by atoms with Crippen LogP contribution in [0.15, 0.2) is 54.6 Å². The summed E-state index contributed by atoms with van der Waals surface area (Å²) in [4.78, 5) is 0. The summed E-state index contributed by atoms with van der Waals surface area (Å²) in [6.45, 7) is 0. The zero-order valence-corrected chi connectivity index (χ0v) is 13.2. The predicted molar refractivity (Wildman–Crippen MR) is 96.4 cm³/mol. The zero-order valence-electron chi connectivity index (χ0n) is 13.2. The van der Waals surface area contributed by atoms with Gasteiger partial charge in [0.1, 0.15) is 0 Å². The normalized spacial score (nSPS) is 16.9. The van der Waals surface area contributed by atoms with Crippen molar-refractivity contribution in [3.63, 3.8) is 0 Å². The van der Waals surface area contributed by atoms with E-state index in [4.69, 9.17) is 0 Å². The average Bonchev–Trinajstić information content (AvgIpc) is 2.83. The third-order valence-electron chi connectivity index (χ3n) is 5.35. The highest BCUT2D eigenvalue weighted by Gasteiger charge is 2.16. The first-order valence-corrected chi connectivity index (χ1v) is 8.81. The topological polar surface area (TPSA) is 0 Å². The van der Waals surface area contributed by atoms with E-state index in [9.17, 15) is 0 Å². The summed E-state index contributed by atoms with van der Waals surface area (Å²) >= 11 is 0. The van der Waals surface area contributed by atoms with Gasteiger partial charge in [0.05, 0.1) is 0 Å². The number of rotatable bonds is 2. The van der Waals surface area contributed by atoms with Crippen LogP contribution in [0.4, 0.5) is 0 Å². The van der Waals surface area contributed by atoms with E-state index in [1.165, 1.54) is 66.5 Å². The van der Waals surface area contributed by atoms with Crippen LogP contribution in [-0.2, 0) is 6.42 Å². The van der Waals surface area contributed by atoms with Gasteiger partial charge in [-0.25, -0.2) is 0 Å². The largest absolute Gasteiger partial charge is 0.0616 e. The molecule has 0 atom stereocenters. The minimum Gasteiger partial charge on any atom is -0.0616 e. The lowest BCUT2D eigenvalue weighted by atomic mass is 9.87. The minimum atomic E-state index is 0.872. The van der Waals surface area contributed by atoms with Crippen molar-refractivity contribution in [1.82, 2.24) is 0 Å². The van der Waals surface area contributed by atoms with E-state index in [0.717, 1.165) is 5.92 Å². The molecule has 0 aliphatic heterocycles. The summed E-state index contributed by atoms with van der Waals surface area (Å²) in [6.07, 6.45) is 9.80. The van der Waals surface area contributed by atoms with Gasteiger partial charge in [0.2, 0.25) is 0 Å². The van der Waals surface area contributed by atoms with Gasteiger partial charge in [-0.15, -0.1) is 0 Å². The highest BCUT2D eigenvalue weighted by atomic mass is 14.2. The fourth-order valence-corrected chi connectivity index (χ4v) is 4.18. The van der Waals surface area contributed by atoms with Gasteiger partial charge in [-0.2, -0.15) is 0 Å². The first-order chi connectivity index (χ1) is 10.9. The Labute approximate surface area is 133 Å². The third kappa shape index (κ3) is 2.63. The Bertz CT molecular complexity index is 722. The summed E-state index contributed by atoms with van der Waals surface area (Å²) in [5.74, 6) is 0.872. The lowest BCUT2D eigenvalue weighted by Crippen LogP contribution is -2.04. The van der Waals surface area contributed by atoms with Crippen LogP contribution in [0.3, 0.4) is 0 Å². The van der Waals surface area contributed by atoms with Crippen LogP contribution in [0.25, 0.3) is 21.5 Å². The standard InChI is InChI=1S/C22H24/c1-2-4-10-17(9-3-1)15-22-20-13-7-5-11-18(20)16-19-12-6-8-14-21(19)22/h5-8,11-14,16-17H,1-4,9-10,15H2. The molecule has 1 saturated carbocycles. The van der Waals surface area contributed by atoms with Crippen molar-refractivity contribution < 1.29 is 0 Å². The molecule has 4 rings (SSSR count). The summed E-state index contributed by atoms with van der Waals surface area (Å²) in [7, 11) is 0. The Morgan fingerprint density at radius 3 is 1.82 bits per heavy atom. The van der Waals surface area contributed by atoms with Crippen LogP contribution in [0, 0.1) is 5.92 Å². The van der Waals surface area contributed by atoms with Crippen molar-refractivity contribution in [2.45, 2.75) is 44.9 Å². The average molecular weight is 288 g/mol. The van der Waals surface area contributed by atoms with Gasteiger partial charge in [-0.05, 0) is 45.5 Å². The van der Waals surface area contributed by atoms with Crippen LogP contribution in [0.5, 0.6) is 0 Å².